The van der Waals surface area contributed by atoms with Gasteiger partial charge in [-0.15, -0.1) is 11.3 Å². The van der Waals surface area contributed by atoms with E-state index in [1.165, 1.54) is 0 Å². The summed E-state index contributed by atoms with van der Waals surface area (Å²) in [7, 11) is 1.66. The van der Waals surface area contributed by atoms with E-state index >= 15 is 0 Å². The highest BCUT2D eigenvalue weighted by Gasteiger charge is 2.08. The lowest BCUT2D eigenvalue weighted by Crippen LogP contribution is -1.97. The second-order valence-electron chi connectivity index (χ2n) is 5.66. The molecule has 0 fully saturated rings. The van der Waals surface area contributed by atoms with Crippen molar-refractivity contribution in [3.8, 4) is 5.75 Å². The Bertz CT molecular complexity index is 1040. The van der Waals surface area contributed by atoms with E-state index in [1.807, 2.05) is 66.1 Å². The molecule has 4 rings (SSSR count). The van der Waals surface area contributed by atoms with Crippen molar-refractivity contribution in [1.82, 2.24) is 9.97 Å². The first kappa shape index (κ1) is 16.3. The van der Waals surface area contributed by atoms with Gasteiger partial charge in [0.15, 0.2) is 11.6 Å². The zero-order valence-corrected chi connectivity index (χ0v) is 15.0. The molecule has 0 spiro atoms. The average Bonchev–Trinajstić information content (AvgIpc) is 3.17. The Morgan fingerprint density at radius 2 is 1.73 bits per heavy atom. The molecule has 128 valence electrons. The lowest BCUT2D eigenvalue weighted by atomic mass is 10.2. The number of rotatable bonds is 5. The van der Waals surface area contributed by atoms with Gasteiger partial charge >= 0.3 is 0 Å². The SMILES string of the molecule is COc1ccc(Nc2nc(/C=C/c3ccccc3)nc3ccsc23)cc1. The number of nitrogens with one attached hydrogen (secondary N) is 1. The van der Waals surface area contributed by atoms with Gasteiger partial charge in [0.2, 0.25) is 0 Å². The van der Waals surface area contributed by atoms with Crippen LogP contribution in [-0.2, 0) is 0 Å². The van der Waals surface area contributed by atoms with Crippen LogP contribution in [0.25, 0.3) is 22.4 Å². The molecule has 4 nitrogen and oxygen atoms in total. The number of methoxy groups -OCH3 is 1. The molecule has 0 amide bonds. The first-order valence-electron chi connectivity index (χ1n) is 8.21. The summed E-state index contributed by atoms with van der Waals surface area (Å²) < 4.78 is 6.25. The molecule has 2 aromatic heterocycles. The lowest BCUT2D eigenvalue weighted by Gasteiger charge is -2.08. The first-order valence-corrected chi connectivity index (χ1v) is 9.09. The van der Waals surface area contributed by atoms with Crippen molar-refractivity contribution in [2.24, 2.45) is 0 Å². The molecule has 0 aliphatic rings. The number of thiophene rings is 1. The Balaban J connectivity index is 1.67. The molecule has 0 unspecified atom stereocenters. The fourth-order valence-electron chi connectivity index (χ4n) is 2.59. The molecule has 0 atom stereocenters. The molecule has 0 radical (unpaired) electrons. The summed E-state index contributed by atoms with van der Waals surface area (Å²) in [6.07, 6.45) is 3.95. The third-order valence-electron chi connectivity index (χ3n) is 3.90. The minimum Gasteiger partial charge on any atom is -0.497 e. The zero-order chi connectivity index (χ0) is 17.8. The van der Waals surface area contributed by atoms with Gasteiger partial charge in [-0.1, -0.05) is 36.4 Å². The molecule has 2 aromatic carbocycles. The van der Waals surface area contributed by atoms with Crippen LogP contribution in [0.1, 0.15) is 11.4 Å². The Morgan fingerprint density at radius 1 is 0.923 bits per heavy atom. The fourth-order valence-corrected chi connectivity index (χ4v) is 3.36. The van der Waals surface area contributed by atoms with Crippen LogP contribution in [-0.4, -0.2) is 17.1 Å². The molecule has 0 aliphatic heterocycles. The van der Waals surface area contributed by atoms with Crippen molar-refractivity contribution in [3.63, 3.8) is 0 Å². The van der Waals surface area contributed by atoms with Crippen molar-refractivity contribution in [1.29, 1.82) is 0 Å². The van der Waals surface area contributed by atoms with E-state index in [1.54, 1.807) is 18.4 Å². The number of hydrogen-bond donors (Lipinski definition) is 1. The summed E-state index contributed by atoms with van der Waals surface area (Å²) in [6, 6.07) is 19.9. The number of ether oxygens (including phenoxy) is 1. The van der Waals surface area contributed by atoms with Crippen molar-refractivity contribution in [2.45, 2.75) is 0 Å². The van der Waals surface area contributed by atoms with E-state index in [-0.39, 0.29) is 0 Å². The molecular formula is C21H17N3OS. The van der Waals surface area contributed by atoms with Gasteiger partial charge < -0.3 is 10.1 Å². The molecule has 26 heavy (non-hydrogen) atoms. The van der Waals surface area contributed by atoms with E-state index in [0.29, 0.717) is 5.82 Å². The van der Waals surface area contributed by atoms with Crippen LogP contribution in [0.2, 0.25) is 0 Å². The monoisotopic (exact) mass is 359 g/mol. The van der Waals surface area contributed by atoms with Gasteiger partial charge in [-0.2, -0.15) is 0 Å². The Kier molecular flexibility index (Phi) is 4.62. The van der Waals surface area contributed by atoms with Gasteiger partial charge in [0.1, 0.15) is 5.75 Å². The largest absolute Gasteiger partial charge is 0.497 e. The summed E-state index contributed by atoms with van der Waals surface area (Å²) >= 11 is 1.63. The second-order valence-corrected chi connectivity index (χ2v) is 6.58. The molecule has 0 aliphatic carbocycles. The van der Waals surface area contributed by atoms with Crippen LogP contribution in [0, 0.1) is 0 Å². The van der Waals surface area contributed by atoms with Crippen LogP contribution >= 0.6 is 11.3 Å². The van der Waals surface area contributed by atoms with Crippen LogP contribution in [0.5, 0.6) is 5.75 Å². The number of nitrogens with zero attached hydrogens (tertiary/aromatic N) is 2. The highest BCUT2D eigenvalue weighted by atomic mass is 32.1. The molecular weight excluding hydrogens is 342 g/mol. The topological polar surface area (TPSA) is 47.0 Å². The molecule has 0 saturated heterocycles. The van der Waals surface area contributed by atoms with Crippen LogP contribution in [0.3, 0.4) is 0 Å². The van der Waals surface area contributed by atoms with E-state index < -0.39 is 0 Å². The highest BCUT2D eigenvalue weighted by molar-refractivity contribution is 7.17. The summed E-state index contributed by atoms with van der Waals surface area (Å²) in [5.41, 5.74) is 3.01. The maximum absolute atomic E-state index is 5.21. The van der Waals surface area contributed by atoms with E-state index in [4.69, 9.17) is 9.72 Å². The maximum Gasteiger partial charge on any atom is 0.155 e. The number of hydrogen-bond acceptors (Lipinski definition) is 5. The second kappa shape index (κ2) is 7.37. The molecule has 0 saturated carbocycles. The normalized spacial score (nSPS) is 11.1. The fraction of sp³-hybridized carbons (Fsp3) is 0.0476. The third-order valence-corrected chi connectivity index (χ3v) is 4.81. The van der Waals surface area contributed by atoms with E-state index in [0.717, 1.165) is 33.0 Å². The molecule has 4 aromatic rings. The Morgan fingerprint density at radius 3 is 2.50 bits per heavy atom. The minimum atomic E-state index is 0.677. The van der Waals surface area contributed by atoms with Gasteiger partial charge in [0.05, 0.1) is 17.3 Å². The first-order chi connectivity index (χ1) is 12.8. The lowest BCUT2D eigenvalue weighted by molar-refractivity contribution is 0.415. The number of benzene rings is 2. The predicted molar refractivity (Wildman–Crippen MR) is 109 cm³/mol. The third kappa shape index (κ3) is 3.58. The molecule has 2 heterocycles. The van der Waals surface area contributed by atoms with Gasteiger partial charge in [-0.3, -0.25) is 0 Å². The van der Waals surface area contributed by atoms with Crippen LogP contribution in [0.15, 0.2) is 66.0 Å². The van der Waals surface area contributed by atoms with Crippen molar-refractivity contribution >= 4 is 45.2 Å². The van der Waals surface area contributed by atoms with Crippen molar-refractivity contribution in [2.75, 3.05) is 12.4 Å². The van der Waals surface area contributed by atoms with Gasteiger partial charge in [0, 0.05) is 5.69 Å². The van der Waals surface area contributed by atoms with Crippen LogP contribution in [0.4, 0.5) is 11.5 Å². The Labute approximate surface area is 155 Å². The van der Waals surface area contributed by atoms with E-state index in [9.17, 15) is 0 Å². The number of anilines is 2. The molecule has 1 N–H and O–H groups in total. The van der Waals surface area contributed by atoms with Gasteiger partial charge in [-0.05, 0) is 47.4 Å². The van der Waals surface area contributed by atoms with Crippen molar-refractivity contribution < 1.29 is 4.74 Å². The highest BCUT2D eigenvalue weighted by Crippen LogP contribution is 2.29. The maximum atomic E-state index is 5.21. The van der Waals surface area contributed by atoms with Crippen LogP contribution < -0.4 is 10.1 Å². The number of fused-ring (bicyclic) bond motifs is 1. The molecule has 0 bridgehead atoms. The zero-order valence-electron chi connectivity index (χ0n) is 14.2. The predicted octanol–water partition coefficient (Wildman–Crippen LogP) is 5.61. The average molecular weight is 359 g/mol. The summed E-state index contributed by atoms with van der Waals surface area (Å²) in [5, 5.41) is 5.42. The summed E-state index contributed by atoms with van der Waals surface area (Å²) in [6.45, 7) is 0. The van der Waals surface area contributed by atoms with Gasteiger partial charge in [-0.25, -0.2) is 9.97 Å². The standard InChI is InChI=1S/C21H17N3OS/c1-25-17-10-8-16(9-11-17)22-21-20-18(13-14-26-20)23-19(24-21)12-7-15-5-3-2-4-6-15/h2-14H,1H3,(H,22,23,24)/b12-7+. The number of aromatic nitrogens is 2. The minimum absolute atomic E-state index is 0.677. The summed E-state index contributed by atoms with van der Waals surface area (Å²) in [5.74, 6) is 2.31. The van der Waals surface area contributed by atoms with Crippen molar-refractivity contribution in [3.05, 3.63) is 77.4 Å². The van der Waals surface area contributed by atoms with Gasteiger partial charge in [0.25, 0.3) is 0 Å². The Hall–Kier alpha value is -3.18. The smallest absolute Gasteiger partial charge is 0.155 e. The molecule has 5 heteroatoms. The quantitative estimate of drug-likeness (QED) is 0.503. The summed E-state index contributed by atoms with van der Waals surface area (Å²) in [4.78, 5) is 9.33. The van der Waals surface area contributed by atoms with E-state index in [2.05, 4.69) is 22.4 Å².